The minimum absolute atomic E-state index is 0.511. The molecular formula is C11H16Br2N2O. The lowest BCUT2D eigenvalue weighted by molar-refractivity contribution is 0.134. The lowest BCUT2D eigenvalue weighted by atomic mass is 10.0. The fourth-order valence-electron chi connectivity index (χ4n) is 2.20. The molecule has 2 N–H and O–H groups in total. The molecule has 1 unspecified atom stereocenters. The van der Waals surface area contributed by atoms with Crippen LogP contribution in [0.25, 0.3) is 0 Å². The number of hydrogen-bond acceptors (Lipinski definition) is 3. The molecule has 0 aliphatic carbocycles. The SMILES string of the molecule is NCC1CCCCN1Cc1cc(Br)c(Br)o1. The van der Waals surface area contributed by atoms with Gasteiger partial charge in [0, 0.05) is 12.6 Å². The third-order valence-electron chi connectivity index (χ3n) is 3.08. The Hall–Kier alpha value is 0.160. The van der Waals surface area contributed by atoms with Gasteiger partial charge >= 0.3 is 0 Å². The lowest BCUT2D eigenvalue weighted by Crippen LogP contribution is -2.43. The number of likely N-dealkylation sites (tertiary alicyclic amines) is 1. The molecule has 16 heavy (non-hydrogen) atoms. The average Bonchev–Trinajstić information content (AvgIpc) is 2.59. The van der Waals surface area contributed by atoms with Crippen LogP contribution in [0.15, 0.2) is 19.6 Å². The van der Waals surface area contributed by atoms with E-state index < -0.39 is 0 Å². The van der Waals surface area contributed by atoms with Gasteiger partial charge in [-0.2, -0.15) is 0 Å². The second-order valence-electron chi connectivity index (χ2n) is 4.19. The van der Waals surface area contributed by atoms with E-state index in [9.17, 15) is 0 Å². The molecule has 1 saturated heterocycles. The maximum atomic E-state index is 5.79. The topological polar surface area (TPSA) is 42.4 Å². The monoisotopic (exact) mass is 350 g/mol. The highest BCUT2D eigenvalue weighted by molar-refractivity contribution is 9.13. The summed E-state index contributed by atoms with van der Waals surface area (Å²) in [5, 5.41) is 0. The van der Waals surface area contributed by atoms with Crippen LogP contribution in [0.4, 0.5) is 0 Å². The van der Waals surface area contributed by atoms with E-state index in [4.69, 9.17) is 10.2 Å². The van der Waals surface area contributed by atoms with Crippen molar-refractivity contribution in [1.29, 1.82) is 0 Å². The summed E-state index contributed by atoms with van der Waals surface area (Å²) in [6, 6.07) is 2.53. The normalized spacial score (nSPS) is 22.6. The molecule has 1 aliphatic heterocycles. The number of piperidine rings is 1. The molecule has 0 aromatic carbocycles. The first-order chi connectivity index (χ1) is 7.70. The smallest absolute Gasteiger partial charge is 0.183 e. The van der Waals surface area contributed by atoms with Crippen LogP contribution < -0.4 is 5.73 Å². The predicted molar refractivity (Wildman–Crippen MR) is 71.2 cm³/mol. The van der Waals surface area contributed by atoms with E-state index in [1.54, 1.807) is 0 Å². The molecule has 0 bridgehead atoms. The van der Waals surface area contributed by atoms with Crippen molar-refractivity contribution in [2.24, 2.45) is 5.73 Å². The molecule has 0 radical (unpaired) electrons. The van der Waals surface area contributed by atoms with Crippen LogP contribution in [0.1, 0.15) is 25.0 Å². The van der Waals surface area contributed by atoms with Crippen LogP contribution in [0, 0.1) is 0 Å². The van der Waals surface area contributed by atoms with E-state index >= 15 is 0 Å². The molecule has 1 aliphatic rings. The minimum Gasteiger partial charge on any atom is -0.452 e. The summed E-state index contributed by atoms with van der Waals surface area (Å²) >= 11 is 6.79. The average molecular weight is 352 g/mol. The minimum atomic E-state index is 0.511. The molecule has 1 atom stereocenters. The van der Waals surface area contributed by atoms with E-state index in [2.05, 4.69) is 36.8 Å². The van der Waals surface area contributed by atoms with Crippen LogP contribution in [-0.2, 0) is 6.54 Å². The van der Waals surface area contributed by atoms with Gasteiger partial charge in [-0.25, -0.2) is 0 Å². The van der Waals surface area contributed by atoms with Crippen LogP contribution >= 0.6 is 31.9 Å². The Morgan fingerprint density at radius 3 is 2.88 bits per heavy atom. The summed E-state index contributed by atoms with van der Waals surface area (Å²) in [6.07, 6.45) is 3.77. The Balaban J connectivity index is 2.02. The molecule has 90 valence electrons. The summed E-state index contributed by atoms with van der Waals surface area (Å²) < 4.78 is 7.34. The van der Waals surface area contributed by atoms with Crippen molar-refractivity contribution in [3.8, 4) is 0 Å². The van der Waals surface area contributed by atoms with E-state index in [0.29, 0.717) is 6.04 Å². The molecule has 0 saturated carbocycles. The summed E-state index contributed by atoms with van der Waals surface area (Å²) in [5.41, 5.74) is 5.79. The summed E-state index contributed by atoms with van der Waals surface area (Å²) in [4.78, 5) is 2.42. The van der Waals surface area contributed by atoms with Crippen molar-refractivity contribution in [3.63, 3.8) is 0 Å². The highest BCUT2D eigenvalue weighted by Gasteiger charge is 2.22. The first-order valence-electron chi connectivity index (χ1n) is 5.58. The van der Waals surface area contributed by atoms with Gasteiger partial charge in [0.25, 0.3) is 0 Å². The fourth-order valence-corrected chi connectivity index (χ4v) is 2.86. The second kappa shape index (κ2) is 5.67. The highest BCUT2D eigenvalue weighted by atomic mass is 79.9. The zero-order valence-corrected chi connectivity index (χ0v) is 12.3. The van der Waals surface area contributed by atoms with Crippen LogP contribution in [0.5, 0.6) is 0 Å². The van der Waals surface area contributed by atoms with Crippen LogP contribution in [0.2, 0.25) is 0 Å². The Labute approximate surface area is 113 Å². The molecule has 0 spiro atoms. The number of rotatable bonds is 3. The number of furan rings is 1. The largest absolute Gasteiger partial charge is 0.452 e. The zero-order valence-electron chi connectivity index (χ0n) is 9.09. The quantitative estimate of drug-likeness (QED) is 0.909. The standard InChI is InChI=1S/C11H16Br2N2O/c12-10-5-9(16-11(10)13)7-15-4-2-1-3-8(15)6-14/h5,8H,1-4,6-7,14H2. The van der Waals surface area contributed by atoms with Crippen LogP contribution in [0.3, 0.4) is 0 Å². The molecule has 2 rings (SSSR count). The molecule has 1 fully saturated rings. The van der Waals surface area contributed by atoms with Gasteiger partial charge in [-0.05, 0) is 57.3 Å². The van der Waals surface area contributed by atoms with E-state index in [0.717, 1.165) is 34.5 Å². The molecule has 3 nitrogen and oxygen atoms in total. The number of nitrogens with two attached hydrogens (primary N) is 1. The molecule has 0 amide bonds. The third kappa shape index (κ3) is 2.88. The molecule has 2 heterocycles. The zero-order chi connectivity index (χ0) is 11.5. The van der Waals surface area contributed by atoms with Gasteiger partial charge in [0.05, 0.1) is 11.0 Å². The highest BCUT2D eigenvalue weighted by Crippen LogP contribution is 2.28. The van der Waals surface area contributed by atoms with Gasteiger partial charge in [0.1, 0.15) is 5.76 Å². The summed E-state index contributed by atoms with van der Waals surface area (Å²) in [7, 11) is 0. The maximum absolute atomic E-state index is 5.79. The Kier molecular flexibility index (Phi) is 4.47. The first-order valence-corrected chi connectivity index (χ1v) is 7.17. The van der Waals surface area contributed by atoms with Crippen molar-refractivity contribution in [2.75, 3.05) is 13.1 Å². The Morgan fingerprint density at radius 1 is 1.44 bits per heavy atom. The maximum Gasteiger partial charge on any atom is 0.183 e. The van der Waals surface area contributed by atoms with E-state index in [1.807, 2.05) is 6.07 Å². The summed E-state index contributed by atoms with van der Waals surface area (Å²) in [6.45, 7) is 2.72. The van der Waals surface area contributed by atoms with Gasteiger partial charge in [-0.3, -0.25) is 4.90 Å². The van der Waals surface area contributed by atoms with Crippen LogP contribution in [-0.4, -0.2) is 24.0 Å². The molecule has 5 heteroatoms. The number of nitrogens with zero attached hydrogens (tertiary/aromatic N) is 1. The predicted octanol–water partition coefficient (Wildman–Crippen LogP) is 3.12. The Morgan fingerprint density at radius 2 is 2.25 bits per heavy atom. The van der Waals surface area contributed by atoms with Crippen molar-refractivity contribution >= 4 is 31.9 Å². The fraction of sp³-hybridized carbons (Fsp3) is 0.636. The number of halogens is 2. The van der Waals surface area contributed by atoms with Crippen molar-refractivity contribution in [1.82, 2.24) is 4.90 Å². The van der Waals surface area contributed by atoms with Crippen molar-refractivity contribution < 1.29 is 4.42 Å². The first kappa shape index (κ1) is 12.6. The summed E-state index contributed by atoms with van der Waals surface area (Å²) in [5.74, 6) is 0.985. The molecular weight excluding hydrogens is 336 g/mol. The van der Waals surface area contributed by atoms with Gasteiger partial charge in [-0.1, -0.05) is 6.42 Å². The van der Waals surface area contributed by atoms with Crippen molar-refractivity contribution in [2.45, 2.75) is 31.8 Å². The number of hydrogen-bond donors (Lipinski definition) is 1. The third-order valence-corrected chi connectivity index (χ3v) is 4.79. The van der Waals surface area contributed by atoms with E-state index in [1.165, 1.54) is 19.3 Å². The van der Waals surface area contributed by atoms with E-state index in [-0.39, 0.29) is 0 Å². The Bertz CT molecular complexity index is 334. The van der Waals surface area contributed by atoms with Gasteiger partial charge in [0.15, 0.2) is 4.67 Å². The molecule has 1 aromatic rings. The van der Waals surface area contributed by atoms with Crippen molar-refractivity contribution in [3.05, 3.63) is 21.0 Å². The second-order valence-corrected chi connectivity index (χ2v) is 5.76. The van der Waals surface area contributed by atoms with Gasteiger partial charge < -0.3 is 10.2 Å². The molecule has 1 aromatic heterocycles. The van der Waals surface area contributed by atoms with Gasteiger partial charge in [-0.15, -0.1) is 0 Å². The van der Waals surface area contributed by atoms with Gasteiger partial charge in [0.2, 0.25) is 0 Å². The lowest BCUT2D eigenvalue weighted by Gasteiger charge is -2.34.